The van der Waals surface area contributed by atoms with Crippen LogP contribution in [0.5, 0.6) is 5.75 Å². The summed E-state index contributed by atoms with van der Waals surface area (Å²) in [4.78, 5) is 10.8. The average Bonchev–Trinajstić information content (AvgIpc) is 2.25. The minimum absolute atomic E-state index is 0.188. The lowest BCUT2D eigenvalue weighted by atomic mass is 9.97. The molecule has 3 N–H and O–H groups in total. The van der Waals surface area contributed by atoms with Crippen LogP contribution in [0.3, 0.4) is 0 Å². The van der Waals surface area contributed by atoms with Crippen molar-refractivity contribution in [3.63, 3.8) is 0 Å². The van der Waals surface area contributed by atoms with Crippen molar-refractivity contribution >= 4 is 17.6 Å². The zero-order chi connectivity index (χ0) is 13.2. The number of carbonyl (C=O) groups is 1. The van der Waals surface area contributed by atoms with Crippen LogP contribution in [-0.2, 0) is 4.79 Å². The van der Waals surface area contributed by atoms with E-state index in [0.717, 1.165) is 5.56 Å². The molecule has 1 atom stereocenters. The number of carboxylic acid groups (broad SMARTS) is 1. The number of carboxylic acids is 1. The third kappa shape index (κ3) is 2.90. The standard InChI is InChI=1S/C12H16ClNO3/c1-6(2)10-8(13)4-7(5-9(10)17-3)11(14)12(15)16/h4-6,11H,14H2,1-3H3,(H,15,16). The minimum atomic E-state index is -1.10. The van der Waals surface area contributed by atoms with E-state index < -0.39 is 12.0 Å². The smallest absolute Gasteiger partial charge is 0.325 e. The molecule has 1 unspecified atom stereocenters. The number of rotatable bonds is 4. The molecule has 0 spiro atoms. The van der Waals surface area contributed by atoms with Gasteiger partial charge in [-0.1, -0.05) is 25.4 Å². The van der Waals surface area contributed by atoms with E-state index in [1.54, 1.807) is 12.1 Å². The van der Waals surface area contributed by atoms with Crippen molar-refractivity contribution in [2.24, 2.45) is 5.73 Å². The van der Waals surface area contributed by atoms with Gasteiger partial charge in [-0.2, -0.15) is 0 Å². The maximum Gasteiger partial charge on any atom is 0.325 e. The van der Waals surface area contributed by atoms with Gasteiger partial charge in [0.25, 0.3) is 0 Å². The molecule has 0 aliphatic carbocycles. The normalized spacial score (nSPS) is 12.6. The molecule has 4 nitrogen and oxygen atoms in total. The summed E-state index contributed by atoms with van der Waals surface area (Å²) in [6, 6.07) is 2.11. The van der Waals surface area contributed by atoms with Crippen LogP contribution in [0.4, 0.5) is 0 Å². The van der Waals surface area contributed by atoms with Crippen molar-refractivity contribution in [3.8, 4) is 5.75 Å². The number of aliphatic carboxylic acids is 1. The molecule has 0 fully saturated rings. The molecule has 17 heavy (non-hydrogen) atoms. The largest absolute Gasteiger partial charge is 0.496 e. The van der Waals surface area contributed by atoms with Crippen molar-refractivity contribution in [3.05, 3.63) is 28.3 Å². The Bertz CT molecular complexity index is 432. The Morgan fingerprint density at radius 1 is 1.47 bits per heavy atom. The Labute approximate surface area is 105 Å². The fourth-order valence-electron chi connectivity index (χ4n) is 1.66. The van der Waals surface area contributed by atoms with Crippen LogP contribution in [0.1, 0.15) is 36.9 Å². The number of methoxy groups -OCH3 is 1. The van der Waals surface area contributed by atoms with Crippen LogP contribution < -0.4 is 10.5 Å². The molecule has 1 rings (SSSR count). The predicted molar refractivity (Wildman–Crippen MR) is 66.7 cm³/mol. The molecule has 0 aromatic heterocycles. The third-order valence-electron chi connectivity index (χ3n) is 2.54. The summed E-state index contributed by atoms with van der Waals surface area (Å²) >= 11 is 6.13. The van der Waals surface area contributed by atoms with E-state index in [9.17, 15) is 4.79 Å². The lowest BCUT2D eigenvalue weighted by Crippen LogP contribution is -2.20. The Balaban J connectivity index is 3.31. The first kappa shape index (κ1) is 13.8. The van der Waals surface area contributed by atoms with Gasteiger partial charge in [0, 0.05) is 10.6 Å². The maximum atomic E-state index is 10.8. The molecule has 1 aromatic rings. The van der Waals surface area contributed by atoms with Gasteiger partial charge in [-0.05, 0) is 23.6 Å². The summed E-state index contributed by atoms with van der Waals surface area (Å²) in [5.74, 6) is -0.341. The molecule has 0 radical (unpaired) electrons. The van der Waals surface area contributed by atoms with Crippen LogP contribution in [-0.4, -0.2) is 18.2 Å². The molecule has 0 aliphatic rings. The van der Waals surface area contributed by atoms with Crippen LogP contribution in [0, 0.1) is 0 Å². The average molecular weight is 258 g/mol. The fraction of sp³-hybridized carbons (Fsp3) is 0.417. The van der Waals surface area contributed by atoms with Gasteiger partial charge in [-0.15, -0.1) is 0 Å². The molecule has 0 saturated carbocycles. The van der Waals surface area contributed by atoms with Gasteiger partial charge in [0.1, 0.15) is 11.8 Å². The van der Waals surface area contributed by atoms with Crippen molar-refractivity contribution in [1.82, 2.24) is 0 Å². The van der Waals surface area contributed by atoms with Gasteiger partial charge in [0.15, 0.2) is 0 Å². The summed E-state index contributed by atoms with van der Waals surface area (Å²) in [6.07, 6.45) is 0. The molecule has 0 amide bonds. The molecule has 5 heteroatoms. The maximum absolute atomic E-state index is 10.8. The van der Waals surface area contributed by atoms with E-state index in [2.05, 4.69) is 0 Å². The molecule has 94 valence electrons. The molecule has 0 aliphatic heterocycles. The number of benzene rings is 1. The molecule has 1 aromatic carbocycles. The number of hydrogen-bond donors (Lipinski definition) is 2. The van der Waals surface area contributed by atoms with Crippen LogP contribution in [0.2, 0.25) is 5.02 Å². The number of ether oxygens (including phenoxy) is 1. The Morgan fingerprint density at radius 3 is 2.47 bits per heavy atom. The SMILES string of the molecule is COc1cc(C(N)C(=O)O)cc(Cl)c1C(C)C. The molecular formula is C12H16ClNO3. The topological polar surface area (TPSA) is 72.5 Å². The number of hydrogen-bond acceptors (Lipinski definition) is 3. The number of nitrogens with two attached hydrogens (primary N) is 1. The number of halogens is 1. The second-order valence-corrected chi connectivity index (χ2v) is 4.50. The molecule has 0 saturated heterocycles. The van der Waals surface area contributed by atoms with Crippen LogP contribution >= 0.6 is 11.6 Å². The third-order valence-corrected chi connectivity index (χ3v) is 2.85. The highest BCUT2D eigenvalue weighted by Gasteiger charge is 2.20. The van der Waals surface area contributed by atoms with Crippen molar-refractivity contribution < 1.29 is 14.6 Å². The van der Waals surface area contributed by atoms with E-state index in [0.29, 0.717) is 16.3 Å². The molecule has 0 bridgehead atoms. The van der Waals surface area contributed by atoms with Gasteiger partial charge >= 0.3 is 5.97 Å². The first-order chi connectivity index (χ1) is 7.88. The molecular weight excluding hydrogens is 242 g/mol. The van der Waals surface area contributed by atoms with Crippen LogP contribution in [0.25, 0.3) is 0 Å². The van der Waals surface area contributed by atoms with Gasteiger partial charge < -0.3 is 15.6 Å². The Hall–Kier alpha value is -1.26. The first-order valence-electron chi connectivity index (χ1n) is 5.24. The van der Waals surface area contributed by atoms with E-state index >= 15 is 0 Å². The fourth-order valence-corrected chi connectivity index (χ4v) is 2.10. The minimum Gasteiger partial charge on any atom is -0.496 e. The van der Waals surface area contributed by atoms with Crippen molar-refractivity contribution in [1.29, 1.82) is 0 Å². The lowest BCUT2D eigenvalue weighted by molar-refractivity contribution is -0.138. The monoisotopic (exact) mass is 257 g/mol. The van der Waals surface area contributed by atoms with Crippen molar-refractivity contribution in [2.45, 2.75) is 25.8 Å². The Morgan fingerprint density at radius 2 is 2.06 bits per heavy atom. The zero-order valence-corrected chi connectivity index (χ0v) is 10.8. The van der Waals surface area contributed by atoms with E-state index in [-0.39, 0.29) is 5.92 Å². The zero-order valence-electron chi connectivity index (χ0n) is 10.0. The highest BCUT2D eigenvalue weighted by molar-refractivity contribution is 6.31. The first-order valence-corrected chi connectivity index (χ1v) is 5.62. The van der Waals surface area contributed by atoms with Gasteiger partial charge in [0.05, 0.1) is 7.11 Å². The van der Waals surface area contributed by atoms with E-state index in [1.807, 2.05) is 13.8 Å². The van der Waals surface area contributed by atoms with E-state index in [1.165, 1.54) is 7.11 Å². The molecule has 0 heterocycles. The van der Waals surface area contributed by atoms with Crippen molar-refractivity contribution in [2.75, 3.05) is 7.11 Å². The van der Waals surface area contributed by atoms with Gasteiger partial charge in [-0.25, -0.2) is 0 Å². The lowest BCUT2D eigenvalue weighted by Gasteiger charge is -2.17. The van der Waals surface area contributed by atoms with E-state index in [4.69, 9.17) is 27.2 Å². The highest BCUT2D eigenvalue weighted by Crippen LogP contribution is 2.35. The van der Waals surface area contributed by atoms with Gasteiger partial charge in [0.2, 0.25) is 0 Å². The summed E-state index contributed by atoms with van der Waals surface area (Å²) in [5.41, 5.74) is 6.83. The predicted octanol–water partition coefficient (Wildman–Crippen LogP) is 2.56. The summed E-state index contributed by atoms with van der Waals surface area (Å²) in [7, 11) is 1.52. The summed E-state index contributed by atoms with van der Waals surface area (Å²) in [6.45, 7) is 3.97. The quantitative estimate of drug-likeness (QED) is 0.870. The second kappa shape index (κ2) is 5.38. The Kier molecular flexibility index (Phi) is 4.37. The summed E-state index contributed by atoms with van der Waals surface area (Å²) < 4.78 is 5.23. The van der Waals surface area contributed by atoms with Gasteiger partial charge in [-0.3, -0.25) is 4.79 Å². The second-order valence-electron chi connectivity index (χ2n) is 4.09. The summed E-state index contributed by atoms with van der Waals surface area (Å²) in [5, 5.41) is 9.34. The highest BCUT2D eigenvalue weighted by atomic mass is 35.5. The van der Waals surface area contributed by atoms with Crippen LogP contribution in [0.15, 0.2) is 12.1 Å².